The Balaban J connectivity index is 1.14. The summed E-state index contributed by atoms with van der Waals surface area (Å²) in [5.41, 5.74) is 0.542. The standard InChI is InChI=1S/C22H24ClN3O5/c23-17-2-4-18(5-3-17)29-14-21(27)26-11-9-25(10-12-26)8-7-24-22(28)16-1-6-19-20(13-16)31-15-30-19/h1-6,13H,7-12,14-15H2,(H,24,28). The number of carbonyl (C=O) groups is 2. The van der Waals surface area contributed by atoms with Gasteiger partial charge in [0.25, 0.3) is 11.8 Å². The molecule has 0 aromatic heterocycles. The van der Waals surface area contributed by atoms with Gasteiger partial charge in [-0.3, -0.25) is 14.5 Å². The predicted molar refractivity (Wildman–Crippen MR) is 115 cm³/mol. The summed E-state index contributed by atoms with van der Waals surface area (Å²) in [5.74, 6) is 1.68. The monoisotopic (exact) mass is 445 g/mol. The maximum Gasteiger partial charge on any atom is 0.260 e. The minimum atomic E-state index is -0.147. The van der Waals surface area contributed by atoms with E-state index in [1.54, 1.807) is 47.4 Å². The molecule has 2 aromatic rings. The Labute approximate surface area is 185 Å². The molecule has 0 spiro atoms. The summed E-state index contributed by atoms with van der Waals surface area (Å²) >= 11 is 5.85. The zero-order valence-electron chi connectivity index (χ0n) is 17.0. The second-order valence-electron chi connectivity index (χ2n) is 7.29. The van der Waals surface area contributed by atoms with E-state index in [4.69, 9.17) is 25.8 Å². The van der Waals surface area contributed by atoms with Gasteiger partial charge in [-0.15, -0.1) is 0 Å². The van der Waals surface area contributed by atoms with Crippen LogP contribution in [-0.4, -0.2) is 74.3 Å². The largest absolute Gasteiger partial charge is 0.484 e. The van der Waals surface area contributed by atoms with Crippen LogP contribution in [0.5, 0.6) is 17.2 Å². The van der Waals surface area contributed by atoms with Gasteiger partial charge in [-0.2, -0.15) is 0 Å². The van der Waals surface area contributed by atoms with Crippen molar-refractivity contribution < 1.29 is 23.8 Å². The van der Waals surface area contributed by atoms with Crippen LogP contribution in [-0.2, 0) is 4.79 Å². The van der Waals surface area contributed by atoms with Crippen LogP contribution in [0.2, 0.25) is 5.02 Å². The number of rotatable bonds is 7. The third-order valence-corrected chi connectivity index (χ3v) is 5.50. The first-order valence-corrected chi connectivity index (χ1v) is 10.5. The lowest BCUT2D eigenvalue weighted by Crippen LogP contribution is -2.51. The number of hydrogen-bond donors (Lipinski definition) is 1. The summed E-state index contributed by atoms with van der Waals surface area (Å²) < 4.78 is 16.1. The summed E-state index contributed by atoms with van der Waals surface area (Å²) in [4.78, 5) is 28.7. The first-order chi connectivity index (χ1) is 15.1. The predicted octanol–water partition coefficient (Wildman–Crippen LogP) is 2.02. The lowest BCUT2D eigenvalue weighted by Gasteiger charge is -2.34. The summed E-state index contributed by atoms with van der Waals surface area (Å²) in [7, 11) is 0. The Bertz CT molecular complexity index is 929. The van der Waals surface area contributed by atoms with Gasteiger partial charge < -0.3 is 24.4 Å². The summed E-state index contributed by atoms with van der Waals surface area (Å²) in [5, 5.41) is 3.55. The number of amides is 2. The molecule has 0 unspecified atom stereocenters. The average Bonchev–Trinajstić information content (AvgIpc) is 3.27. The molecule has 1 saturated heterocycles. The second kappa shape index (κ2) is 9.89. The van der Waals surface area contributed by atoms with Gasteiger partial charge in [0, 0.05) is 49.9 Å². The van der Waals surface area contributed by atoms with Crippen LogP contribution in [0.3, 0.4) is 0 Å². The molecule has 8 nitrogen and oxygen atoms in total. The van der Waals surface area contributed by atoms with Crippen LogP contribution in [0.15, 0.2) is 42.5 Å². The molecule has 0 aliphatic carbocycles. The van der Waals surface area contributed by atoms with Crippen LogP contribution in [0.4, 0.5) is 0 Å². The summed E-state index contributed by atoms with van der Waals surface area (Å²) in [6, 6.07) is 12.1. The number of carbonyl (C=O) groups excluding carboxylic acids is 2. The summed E-state index contributed by atoms with van der Waals surface area (Å²) in [6.45, 7) is 4.23. The van der Waals surface area contributed by atoms with Gasteiger partial charge >= 0.3 is 0 Å². The third kappa shape index (κ3) is 5.59. The number of nitrogens with one attached hydrogen (secondary N) is 1. The molecule has 4 rings (SSSR count). The number of ether oxygens (including phenoxy) is 3. The molecule has 0 bridgehead atoms. The van der Waals surface area contributed by atoms with Gasteiger partial charge in [0.1, 0.15) is 5.75 Å². The molecule has 0 saturated carbocycles. The summed E-state index contributed by atoms with van der Waals surface area (Å²) in [6.07, 6.45) is 0. The van der Waals surface area contributed by atoms with Crippen LogP contribution < -0.4 is 19.5 Å². The molecule has 1 fully saturated rings. The molecule has 2 aromatic carbocycles. The molecule has 9 heteroatoms. The van der Waals surface area contributed by atoms with Crippen molar-refractivity contribution in [2.24, 2.45) is 0 Å². The minimum absolute atomic E-state index is 0.00716. The maximum atomic E-state index is 12.4. The Morgan fingerprint density at radius 1 is 1.00 bits per heavy atom. The molecular formula is C22H24ClN3O5. The van der Waals surface area contributed by atoms with E-state index in [1.165, 1.54) is 0 Å². The van der Waals surface area contributed by atoms with Crippen LogP contribution in [0.25, 0.3) is 0 Å². The van der Waals surface area contributed by atoms with Crippen molar-refractivity contribution in [3.63, 3.8) is 0 Å². The van der Waals surface area contributed by atoms with E-state index in [0.717, 1.165) is 19.6 Å². The van der Waals surface area contributed by atoms with Crippen molar-refractivity contribution in [2.75, 3.05) is 52.7 Å². The Hall–Kier alpha value is -2.97. The Morgan fingerprint density at radius 3 is 2.52 bits per heavy atom. The molecule has 2 aliphatic heterocycles. The van der Waals surface area contributed by atoms with Crippen LogP contribution in [0, 0.1) is 0 Å². The smallest absolute Gasteiger partial charge is 0.260 e. The fourth-order valence-corrected chi connectivity index (χ4v) is 3.58. The lowest BCUT2D eigenvalue weighted by atomic mass is 10.2. The van der Waals surface area contributed by atoms with Crippen molar-refractivity contribution >= 4 is 23.4 Å². The van der Waals surface area contributed by atoms with Crippen LogP contribution >= 0.6 is 11.6 Å². The van der Waals surface area contributed by atoms with E-state index in [1.807, 2.05) is 0 Å². The highest BCUT2D eigenvalue weighted by Crippen LogP contribution is 2.32. The fourth-order valence-electron chi connectivity index (χ4n) is 3.46. The zero-order valence-corrected chi connectivity index (χ0v) is 17.8. The van der Waals surface area contributed by atoms with Gasteiger partial charge in [0.05, 0.1) is 0 Å². The maximum absolute atomic E-state index is 12.4. The zero-order chi connectivity index (χ0) is 21.6. The number of benzene rings is 2. The van der Waals surface area contributed by atoms with E-state index in [-0.39, 0.29) is 25.2 Å². The molecule has 0 radical (unpaired) electrons. The normalized spacial score (nSPS) is 15.6. The first kappa shape index (κ1) is 21.3. The van der Waals surface area contributed by atoms with E-state index in [0.29, 0.717) is 47.5 Å². The van der Waals surface area contributed by atoms with E-state index >= 15 is 0 Å². The number of piperazine rings is 1. The van der Waals surface area contributed by atoms with Crippen molar-refractivity contribution in [2.45, 2.75) is 0 Å². The Kier molecular flexibility index (Phi) is 6.79. The highest BCUT2D eigenvalue weighted by molar-refractivity contribution is 6.30. The molecule has 0 atom stereocenters. The van der Waals surface area contributed by atoms with Crippen LogP contribution in [0.1, 0.15) is 10.4 Å². The average molecular weight is 446 g/mol. The number of hydrogen-bond acceptors (Lipinski definition) is 6. The molecule has 2 aliphatic rings. The highest BCUT2D eigenvalue weighted by atomic mass is 35.5. The fraction of sp³-hybridized carbons (Fsp3) is 0.364. The number of nitrogens with zero attached hydrogens (tertiary/aromatic N) is 2. The molecule has 1 N–H and O–H groups in total. The quantitative estimate of drug-likeness (QED) is 0.702. The van der Waals surface area contributed by atoms with Gasteiger partial charge in [-0.25, -0.2) is 0 Å². The van der Waals surface area contributed by atoms with Crippen molar-refractivity contribution in [1.29, 1.82) is 0 Å². The lowest BCUT2D eigenvalue weighted by molar-refractivity contribution is -0.135. The van der Waals surface area contributed by atoms with Crippen molar-refractivity contribution in [3.05, 3.63) is 53.1 Å². The van der Waals surface area contributed by atoms with Gasteiger partial charge in [-0.1, -0.05) is 11.6 Å². The highest BCUT2D eigenvalue weighted by Gasteiger charge is 2.21. The molecule has 31 heavy (non-hydrogen) atoms. The van der Waals surface area contributed by atoms with Gasteiger partial charge in [0.2, 0.25) is 6.79 Å². The van der Waals surface area contributed by atoms with Crippen molar-refractivity contribution in [3.8, 4) is 17.2 Å². The molecular weight excluding hydrogens is 422 g/mol. The van der Waals surface area contributed by atoms with E-state index < -0.39 is 0 Å². The number of halogens is 1. The molecule has 2 amide bonds. The number of fused-ring (bicyclic) bond motifs is 1. The SMILES string of the molecule is O=C(NCCN1CCN(C(=O)COc2ccc(Cl)cc2)CC1)c1ccc2c(c1)OCO2. The topological polar surface area (TPSA) is 80.3 Å². The van der Waals surface area contributed by atoms with Gasteiger partial charge in [0.15, 0.2) is 18.1 Å². The molecule has 2 heterocycles. The van der Waals surface area contributed by atoms with E-state index in [9.17, 15) is 9.59 Å². The molecule has 164 valence electrons. The minimum Gasteiger partial charge on any atom is -0.484 e. The first-order valence-electron chi connectivity index (χ1n) is 10.1. The van der Waals surface area contributed by atoms with Gasteiger partial charge in [-0.05, 0) is 42.5 Å². The third-order valence-electron chi connectivity index (χ3n) is 5.25. The van der Waals surface area contributed by atoms with E-state index in [2.05, 4.69) is 10.2 Å². The Morgan fingerprint density at radius 2 is 1.74 bits per heavy atom. The van der Waals surface area contributed by atoms with Crippen molar-refractivity contribution in [1.82, 2.24) is 15.1 Å². The second-order valence-corrected chi connectivity index (χ2v) is 7.73.